The van der Waals surface area contributed by atoms with Crippen LogP contribution in [0.3, 0.4) is 0 Å². The molecule has 1 heterocycles. The Morgan fingerprint density at radius 2 is 1.81 bits per heavy atom. The standard InChI is InChI=1S/C12H19F3N2O3S/c1-8-10(7-16)11(9(2)20-8)21(18,19)17-6-4-3-5-12(13,14)15/h17H,3-7,16H2,1-2H3. The zero-order chi connectivity index (χ0) is 16.3. The van der Waals surface area contributed by atoms with E-state index in [1.165, 1.54) is 6.92 Å². The Labute approximate surface area is 121 Å². The molecule has 0 saturated heterocycles. The van der Waals surface area contributed by atoms with Gasteiger partial charge in [-0.2, -0.15) is 13.2 Å². The van der Waals surface area contributed by atoms with Crippen molar-refractivity contribution in [2.24, 2.45) is 5.73 Å². The molecule has 1 aromatic rings. The van der Waals surface area contributed by atoms with Crippen molar-refractivity contribution < 1.29 is 26.0 Å². The largest absolute Gasteiger partial charge is 0.465 e. The van der Waals surface area contributed by atoms with E-state index in [1.54, 1.807) is 6.92 Å². The van der Waals surface area contributed by atoms with Crippen molar-refractivity contribution in [3.05, 3.63) is 17.1 Å². The molecule has 0 saturated carbocycles. The first-order chi connectivity index (χ1) is 9.58. The maximum absolute atomic E-state index is 12.2. The van der Waals surface area contributed by atoms with E-state index < -0.39 is 22.6 Å². The molecule has 3 N–H and O–H groups in total. The number of alkyl halides is 3. The molecule has 0 spiro atoms. The Kier molecular flexibility index (Phi) is 5.83. The molecule has 0 fully saturated rings. The minimum absolute atomic E-state index is 0.00743. The van der Waals surface area contributed by atoms with E-state index in [0.29, 0.717) is 11.3 Å². The van der Waals surface area contributed by atoms with Crippen LogP contribution in [0.2, 0.25) is 0 Å². The molecule has 122 valence electrons. The van der Waals surface area contributed by atoms with Crippen molar-refractivity contribution in [2.45, 2.75) is 50.7 Å². The fraction of sp³-hybridized carbons (Fsp3) is 0.667. The molecule has 1 rings (SSSR count). The minimum atomic E-state index is -4.22. The van der Waals surface area contributed by atoms with E-state index in [-0.39, 0.29) is 36.6 Å². The fourth-order valence-electron chi connectivity index (χ4n) is 2.03. The molecular weight excluding hydrogens is 309 g/mol. The number of aryl methyl sites for hydroxylation is 2. The highest BCUT2D eigenvalue weighted by Crippen LogP contribution is 2.26. The number of hydrogen-bond acceptors (Lipinski definition) is 4. The summed E-state index contributed by atoms with van der Waals surface area (Å²) in [5.41, 5.74) is 5.89. The van der Waals surface area contributed by atoms with E-state index in [4.69, 9.17) is 10.2 Å². The van der Waals surface area contributed by atoms with Gasteiger partial charge in [0.25, 0.3) is 0 Å². The molecule has 0 aliphatic carbocycles. The van der Waals surface area contributed by atoms with Gasteiger partial charge in [-0.05, 0) is 26.7 Å². The lowest BCUT2D eigenvalue weighted by Crippen LogP contribution is -2.26. The smallest absolute Gasteiger partial charge is 0.389 e. The summed E-state index contributed by atoms with van der Waals surface area (Å²) in [6.45, 7) is 3.06. The highest BCUT2D eigenvalue weighted by molar-refractivity contribution is 7.89. The second-order valence-corrected chi connectivity index (χ2v) is 6.40. The predicted molar refractivity (Wildman–Crippen MR) is 71.2 cm³/mol. The van der Waals surface area contributed by atoms with Gasteiger partial charge in [-0.15, -0.1) is 0 Å². The van der Waals surface area contributed by atoms with Gasteiger partial charge in [0, 0.05) is 25.1 Å². The van der Waals surface area contributed by atoms with E-state index >= 15 is 0 Å². The maximum Gasteiger partial charge on any atom is 0.389 e. The summed E-state index contributed by atoms with van der Waals surface area (Å²) in [7, 11) is -3.83. The summed E-state index contributed by atoms with van der Waals surface area (Å²) in [6, 6.07) is 0. The van der Waals surface area contributed by atoms with E-state index in [1.807, 2.05) is 0 Å². The Balaban J connectivity index is 2.67. The Hall–Kier alpha value is -1.06. The topological polar surface area (TPSA) is 85.3 Å². The summed E-state index contributed by atoms with van der Waals surface area (Å²) in [6.07, 6.45) is -5.16. The molecule has 9 heteroatoms. The number of unbranched alkanes of at least 4 members (excludes halogenated alkanes) is 1. The van der Waals surface area contributed by atoms with Crippen molar-refractivity contribution in [2.75, 3.05) is 6.54 Å². The maximum atomic E-state index is 12.2. The van der Waals surface area contributed by atoms with Crippen molar-refractivity contribution in [3.8, 4) is 0 Å². The van der Waals surface area contributed by atoms with Gasteiger partial charge in [0.2, 0.25) is 10.0 Å². The zero-order valence-electron chi connectivity index (χ0n) is 11.9. The molecule has 0 atom stereocenters. The lowest BCUT2D eigenvalue weighted by molar-refractivity contribution is -0.135. The lowest BCUT2D eigenvalue weighted by Gasteiger charge is -2.08. The third-order valence-electron chi connectivity index (χ3n) is 2.98. The van der Waals surface area contributed by atoms with Gasteiger partial charge in [0.1, 0.15) is 16.4 Å². The van der Waals surface area contributed by atoms with E-state index in [9.17, 15) is 21.6 Å². The van der Waals surface area contributed by atoms with Gasteiger partial charge in [-0.3, -0.25) is 0 Å². The second-order valence-electron chi connectivity index (χ2n) is 4.70. The fourth-order valence-corrected chi connectivity index (χ4v) is 3.56. The first kappa shape index (κ1) is 18.0. The molecule has 0 bridgehead atoms. The number of halogens is 3. The normalized spacial score (nSPS) is 12.9. The average molecular weight is 328 g/mol. The van der Waals surface area contributed by atoms with Crippen LogP contribution in [0.1, 0.15) is 36.3 Å². The molecule has 0 unspecified atom stereocenters. The molecule has 5 nitrogen and oxygen atoms in total. The van der Waals surface area contributed by atoms with Crippen LogP contribution in [-0.4, -0.2) is 21.1 Å². The number of nitrogens with one attached hydrogen (secondary N) is 1. The Bertz CT molecular complexity index is 579. The third-order valence-corrected chi connectivity index (χ3v) is 4.63. The summed E-state index contributed by atoms with van der Waals surface area (Å²) >= 11 is 0. The van der Waals surface area contributed by atoms with Gasteiger partial charge in [-0.1, -0.05) is 0 Å². The van der Waals surface area contributed by atoms with Gasteiger partial charge in [-0.25, -0.2) is 13.1 Å². The average Bonchev–Trinajstić information content (AvgIpc) is 2.62. The van der Waals surface area contributed by atoms with Crippen LogP contribution in [-0.2, 0) is 16.6 Å². The Morgan fingerprint density at radius 3 is 2.33 bits per heavy atom. The van der Waals surface area contributed by atoms with Gasteiger partial charge >= 0.3 is 6.18 Å². The Morgan fingerprint density at radius 1 is 1.19 bits per heavy atom. The van der Waals surface area contributed by atoms with Crippen LogP contribution in [0.15, 0.2) is 9.31 Å². The third kappa shape index (κ3) is 5.01. The molecule has 0 amide bonds. The van der Waals surface area contributed by atoms with Crippen molar-refractivity contribution >= 4 is 10.0 Å². The van der Waals surface area contributed by atoms with E-state index in [0.717, 1.165) is 0 Å². The van der Waals surface area contributed by atoms with Gasteiger partial charge in [0.05, 0.1) is 0 Å². The summed E-state index contributed by atoms with van der Waals surface area (Å²) < 4.78 is 67.8. The first-order valence-corrected chi connectivity index (χ1v) is 7.92. The van der Waals surface area contributed by atoms with Crippen LogP contribution in [0, 0.1) is 13.8 Å². The van der Waals surface area contributed by atoms with E-state index in [2.05, 4.69) is 4.72 Å². The highest BCUT2D eigenvalue weighted by atomic mass is 32.2. The number of hydrogen-bond donors (Lipinski definition) is 2. The van der Waals surface area contributed by atoms with Crippen molar-refractivity contribution in [3.63, 3.8) is 0 Å². The van der Waals surface area contributed by atoms with Gasteiger partial charge < -0.3 is 10.2 Å². The van der Waals surface area contributed by atoms with Crippen molar-refractivity contribution in [1.82, 2.24) is 4.72 Å². The molecular formula is C12H19F3N2O3S. The zero-order valence-corrected chi connectivity index (χ0v) is 12.7. The van der Waals surface area contributed by atoms with Crippen LogP contribution >= 0.6 is 0 Å². The first-order valence-electron chi connectivity index (χ1n) is 6.44. The predicted octanol–water partition coefficient (Wildman–Crippen LogP) is 2.37. The molecule has 0 radical (unpaired) electrons. The molecule has 21 heavy (non-hydrogen) atoms. The van der Waals surface area contributed by atoms with Crippen LogP contribution in [0.25, 0.3) is 0 Å². The summed E-state index contributed by atoms with van der Waals surface area (Å²) in [5.74, 6) is 0.642. The van der Waals surface area contributed by atoms with Gasteiger partial charge in [0.15, 0.2) is 0 Å². The molecule has 1 aromatic heterocycles. The SMILES string of the molecule is Cc1oc(C)c(S(=O)(=O)NCCCCC(F)(F)F)c1CN. The van der Waals surface area contributed by atoms with Crippen LogP contribution in [0.4, 0.5) is 13.2 Å². The second kappa shape index (κ2) is 6.80. The minimum Gasteiger partial charge on any atom is -0.465 e. The lowest BCUT2D eigenvalue weighted by atomic mass is 10.2. The molecule has 0 aromatic carbocycles. The quantitative estimate of drug-likeness (QED) is 0.753. The van der Waals surface area contributed by atoms with Crippen LogP contribution < -0.4 is 10.5 Å². The van der Waals surface area contributed by atoms with Crippen molar-refractivity contribution in [1.29, 1.82) is 0 Å². The number of furan rings is 1. The number of rotatable bonds is 7. The molecule has 0 aliphatic heterocycles. The molecule has 0 aliphatic rings. The summed E-state index contributed by atoms with van der Waals surface area (Å²) in [5, 5.41) is 0. The number of sulfonamides is 1. The summed E-state index contributed by atoms with van der Waals surface area (Å²) in [4.78, 5) is -0.0154. The highest BCUT2D eigenvalue weighted by Gasteiger charge is 2.27. The number of nitrogens with two attached hydrogens (primary N) is 1. The monoisotopic (exact) mass is 328 g/mol. The van der Waals surface area contributed by atoms with Crippen LogP contribution in [0.5, 0.6) is 0 Å².